The van der Waals surface area contributed by atoms with E-state index >= 15 is 0 Å². The number of aromatic carboxylic acids is 1. The number of fused-ring (bicyclic) bond motifs is 1. The average Bonchev–Trinajstić information content (AvgIpc) is 2.63. The number of rotatable bonds is 6. The van der Waals surface area contributed by atoms with Gasteiger partial charge >= 0.3 is 5.97 Å². The number of hydrogen-bond acceptors (Lipinski definition) is 6. The number of carbonyl (C=O) groups is 1. The third-order valence-electron chi connectivity index (χ3n) is 4.06. The predicted molar refractivity (Wildman–Crippen MR) is 95.7 cm³/mol. The number of nitrogens with one attached hydrogen (secondary N) is 2. The summed E-state index contributed by atoms with van der Waals surface area (Å²) >= 11 is 0. The molecule has 3 aromatic rings. The van der Waals surface area contributed by atoms with Crippen molar-refractivity contribution in [2.75, 3.05) is 18.9 Å². The van der Waals surface area contributed by atoms with Crippen LogP contribution in [0.2, 0.25) is 0 Å². The Morgan fingerprint density at radius 3 is 2.73 bits per heavy atom. The van der Waals surface area contributed by atoms with Crippen LogP contribution in [0.1, 0.15) is 27.5 Å². The standard InChI is InChI=1S/C18H18FN5O2/c1-10-7-11(3-4-13(10)19)14(8-20-2)24-17-16-15(22-9-23-17)12(18(25)26)5-6-21-16/h3-7,9,14,20H,8H2,1-2H3,(H,25,26)(H,22,23,24)/t14-/m1/s1. The molecule has 0 aliphatic carbocycles. The second-order valence-corrected chi connectivity index (χ2v) is 5.85. The summed E-state index contributed by atoms with van der Waals surface area (Å²) in [5, 5.41) is 15.7. The van der Waals surface area contributed by atoms with Gasteiger partial charge in [-0.25, -0.2) is 19.2 Å². The minimum absolute atomic E-state index is 0.0586. The molecule has 8 heteroatoms. The van der Waals surface area contributed by atoms with E-state index in [-0.39, 0.29) is 22.9 Å². The van der Waals surface area contributed by atoms with E-state index in [1.807, 2.05) is 7.05 Å². The average molecular weight is 355 g/mol. The Labute approximate surface area is 149 Å². The molecule has 26 heavy (non-hydrogen) atoms. The number of pyridine rings is 1. The van der Waals surface area contributed by atoms with Gasteiger partial charge in [0, 0.05) is 12.7 Å². The van der Waals surface area contributed by atoms with Crippen LogP contribution in [-0.4, -0.2) is 39.6 Å². The van der Waals surface area contributed by atoms with Gasteiger partial charge in [-0.3, -0.25) is 4.98 Å². The van der Waals surface area contributed by atoms with Gasteiger partial charge in [0.25, 0.3) is 0 Å². The lowest BCUT2D eigenvalue weighted by Gasteiger charge is -2.20. The third-order valence-corrected chi connectivity index (χ3v) is 4.06. The van der Waals surface area contributed by atoms with E-state index in [1.54, 1.807) is 19.1 Å². The third kappa shape index (κ3) is 3.45. The minimum atomic E-state index is -1.08. The molecule has 0 aliphatic rings. The summed E-state index contributed by atoms with van der Waals surface area (Å²) in [6.07, 6.45) is 2.71. The normalized spacial score (nSPS) is 12.1. The monoisotopic (exact) mass is 355 g/mol. The molecule has 1 aromatic carbocycles. The molecule has 0 saturated heterocycles. The summed E-state index contributed by atoms with van der Waals surface area (Å²) in [4.78, 5) is 23.9. The number of likely N-dealkylation sites (N-methyl/N-ethyl adjacent to an activating group) is 1. The Hall–Kier alpha value is -3.13. The van der Waals surface area contributed by atoms with Gasteiger partial charge in [0.2, 0.25) is 0 Å². The lowest BCUT2D eigenvalue weighted by atomic mass is 10.0. The van der Waals surface area contributed by atoms with Crippen LogP contribution < -0.4 is 10.6 Å². The van der Waals surface area contributed by atoms with Gasteiger partial charge in [-0.2, -0.15) is 0 Å². The van der Waals surface area contributed by atoms with Gasteiger partial charge in [0.05, 0.1) is 11.6 Å². The summed E-state index contributed by atoms with van der Waals surface area (Å²) in [5.41, 5.74) is 2.11. The number of aryl methyl sites for hydroxylation is 1. The van der Waals surface area contributed by atoms with Crippen LogP contribution in [0.4, 0.5) is 10.2 Å². The van der Waals surface area contributed by atoms with Crippen LogP contribution in [0.25, 0.3) is 11.0 Å². The smallest absolute Gasteiger partial charge is 0.338 e. The number of anilines is 1. The van der Waals surface area contributed by atoms with E-state index < -0.39 is 5.97 Å². The van der Waals surface area contributed by atoms with E-state index in [0.29, 0.717) is 23.4 Å². The van der Waals surface area contributed by atoms with Crippen LogP contribution in [0.3, 0.4) is 0 Å². The summed E-state index contributed by atoms with van der Waals surface area (Å²) in [6, 6.07) is 6.08. The van der Waals surface area contributed by atoms with Crippen molar-refractivity contribution in [3.63, 3.8) is 0 Å². The van der Waals surface area contributed by atoms with E-state index in [4.69, 9.17) is 0 Å². The number of aromatic nitrogens is 3. The number of carboxylic acids is 1. The van der Waals surface area contributed by atoms with Crippen molar-refractivity contribution < 1.29 is 14.3 Å². The highest BCUT2D eigenvalue weighted by Crippen LogP contribution is 2.25. The highest BCUT2D eigenvalue weighted by Gasteiger charge is 2.17. The Balaban J connectivity index is 2.03. The molecule has 0 amide bonds. The number of benzene rings is 1. The molecule has 0 radical (unpaired) electrons. The highest BCUT2D eigenvalue weighted by atomic mass is 19.1. The zero-order valence-corrected chi connectivity index (χ0v) is 14.3. The van der Waals surface area contributed by atoms with Gasteiger partial charge in [0.1, 0.15) is 23.2 Å². The van der Waals surface area contributed by atoms with Crippen molar-refractivity contribution in [3.05, 3.63) is 59.3 Å². The van der Waals surface area contributed by atoms with Gasteiger partial charge in [-0.1, -0.05) is 12.1 Å². The van der Waals surface area contributed by atoms with Crippen LogP contribution in [0, 0.1) is 12.7 Å². The number of halogens is 1. The molecule has 0 spiro atoms. The van der Waals surface area contributed by atoms with E-state index in [2.05, 4.69) is 25.6 Å². The highest BCUT2D eigenvalue weighted by molar-refractivity contribution is 6.02. The topological polar surface area (TPSA) is 100 Å². The van der Waals surface area contributed by atoms with E-state index in [9.17, 15) is 14.3 Å². The molecule has 0 aliphatic heterocycles. The second kappa shape index (κ2) is 7.40. The molecule has 2 heterocycles. The fourth-order valence-electron chi connectivity index (χ4n) is 2.75. The number of carboxylic acid groups (broad SMARTS) is 1. The van der Waals surface area contributed by atoms with Crippen molar-refractivity contribution in [3.8, 4) is 0 Å². The van der Waals surface area contributed by atoms with Gasteiger partial charge in [-0.05, 0) is 37.2 Å². The number of hydrogen-bond donors (Lipinski definition) is 3. The summed E-state index contributed by atoms with van der Waals surface area (Å²) in [6.45, 7) is 2.26. The Morgan fingerprint density at radius 1 is 1.23 bits per heavy atom. The molecule has 0 fully saturated rings. The molecular formula is C18H18FN5O2. The van der Waals surface area contributed by atoms with E-state index in [1.165, 1.54) is 24.7 Å². The summed E-state index contributed by atoms with van der Waals surface area (Å²) in [5.74, 6) is -0.930. The molecule has 134 valence electrons. The SMILES string of the molecule is CNC[C@@H](Nc1ncnc2c(C(=O)O)ccnc12)c1ccc(F)c(C)c1. The van der Waals surface area contributed by atoms with Crippen LogP contribution in [0.15, 0.2) is 36.8 Å². The Morgan fingerprint density at radius 2 is 2.04 bits per heavy atom. The van der Waals surface area contributed by atoms with Gasteiger partial charge in [0.15, 0.2) is 5.82 Å². The lowest BCUT2D eigenvalue weighted by Crippen LogP contribution is -2.24. The molecule has 1 atom stereocenters. The summed E-state index contributed by atoms with van der Waals surface area (Å²) in [7, 11) is 1.81. The molecular weight excluding hydrogens is 337 g/mol. The largest absolute Gasteiger partial charge is 0.478 e. The second-order valence-electron chi connectivity index (χ2n) is 5.85. The zero-order valence-electron chi connectivity index (χ0n) is 14.3. The maximum atomic E-state index is 13.6. The molecule has 0 saturated carbocycles. The van der Waals surface area contributed by atoms with Crippen molar-refractivity contribution in [1.29, 1.82) is 0 Å². The fourth-order valence-corrected chi connectivity index (χ4v) is 2.75. The maximum absolute atomic E-state index is 13.6. The van der Waals surface area contributed by atoms with Crippen molar-refractivity contribution >= 4 is 22.8 Å². The predicted octanol–water partition coefficient (Wildman–Crippen LogP) is 2.54. The van der Waals surface area contributed by atoms with Gasteiger partial charge < -0.3 is 15.7 Å². The molecule has 3 N–H and O–H groups in total. The first-order valence-electron chi connectivity index (χ1n) is 8.01. The molecule has 7 nitrogen and oxygen atoms in total. The summed E-state index contributed by atoms with van der Waals surface area (Å²) < 4.78 is 13.6. The first-order valence-corrected chi connectivity index (χ1v) is 8.01. The fraction of sp³-hybridized carbons (Fsp3) is 0.222. The van der Waals surface area contributed by atoms with Crippen molar-refractivity contribution in [2.24, 2.45) is 0 Å². The quantitative estimate of drug-likeness (QED) is 0.625. The first-order chi connectivity index (χ1) is 12.5. The first kappa shape index (κ1) is 17.7. The lowest BCUT2D eigenvalue weighted by molar-refractivity contribution is 0.0698. The molecule has 0 unspecified atom stereocenters. The number of nitrogens with zero attached hydrogens (tertiary/aromatic N) is 3. The van der Waals surface area contributed by atoms with Crippen molar-refractivity contribution in [2.45, 2.75) is 13.0 Å². The molecule has 2 aromatic heterocycles. The van der Waals surface area contributed by atoms with Crippen LogP contribution >= 0.6 is 0 Å². The Kier molecular flexibility index (Phi) is 5.04. The zero-order chi connectivity index (χ0) is 18.7. The van der Waals surface area contributed by atoms with Crippen LogP contribution in [0.5, 0.6) is 0 Å². The van der Waals surface area contributed by atoms with Gasteiger partial charge in [-0.15, -0.1) is 0 Å². The Bertz CT molecular complexity index is 963. The maximum Gasteiger partial charge on any atom is 0.338 e. The van der Waals surface area contributed by atoms with Crippen molar-refractivity contribution in [1.82, 2.24) is 20.3 Å². The van der Waals surface area contributed by atoms with Crippen LogP contribution in [-0.2, 0) is 0 Å². The van der Waals surface area contributed by atoms with E-state index in [0.717, 1.165) is 5.56 Å². The molecule has 0 bridgehead atoms. The minimum Gasteiger partial charge on any atom is -0.478 e. The molecule has 3 rings (SSSR count).